The van der Waals surface area contributed by atoms with Gasteiger partial charge in [-0.1, -0.05) is 23.7 Å². The molecule has 0 unspecified atom stereocenters. The maximum Gasteiger partial charge on any atom is 0.199 e. The molecular formula is C16H11ClFNO2S. The number of fused-ring (bicyclic) bond motifs is 1. The van der Waals surface area contributed by atoms with Gasteiger partial charge in [-0.2, -0.15) is 0 Å². The van der Waals surface area contributed by atoms with Gasteiger partial charge in [0.1, 0.15) is 5.82 Å². The third-order valence-corrected chi connectivity index (χ3v) is 5.03. The smallest absolute Gasteiger partial charge is 0.199 e. The summed E-state index contributed by atoms with van der Waals surface area (Å²) in [5.41, 5.74) is 1.07. The van der Waals surface area contributed by atoms with Crippen molar-refractivity contribution in [3.05, 3.63) is 71.0 Å². The van der Waals surface area contributed by atoms with E-state index in [2.05, 4.69) is 4.98 Å². The molecule has 0 amide bonds. The van der Waals surface area contributed by atoms with Crippen molar-refractivity contribution >= 4 is 32.3 Å². The number of hydrogen-bond donors (Lipinski definition) is 0. The third-order valence-electron chi connectivity index (χ3n) is 3.21. The van der Waals surface area contributed by atoms with Gasteiger partial charge in [0.15, 0.2) is 14.9 Å². The molecule has 0 aliphatic rings. The molecule has 0 saturated carbocycles. The van der Waals surface area contributed by atoms with Gasteiger partial charge >= 0.3 is 0 Å². The molecular weight excluding hydrogens is 325 g/mol. The number of sulfone groups is 1. The monoisotopic (exact) mass is 335 g/mol. The summed E-state index contributed by atoms with van der Waals surface area (Å²) in [6.45, 7) is 0. The quantitative estimate of drug-likeness (QED) is 0.726. The van der Waals surface area contributed by atoms with Gasteiger partial charge in [0.2, 0.25) is 0 Å². The van der Waals surface area contributed by atoms with E-state index in [0.717, 1.165) is 5.39 Å². The molecule has 2 aromatic carbocycles. The molecule has 6 heteroatoms. The molecule has 0 radical (unpaired) electrons. The van der Waals surface area contributed by atoms with E-state index in [4.69, 9.17) is 11.6 Å². The minimum absolute atomic E-state index is 0.00773. The number of nitrogens with zero attached hydrogens (tertiary/aromatic N) is 1. The summed E-state index contributed by atoms with van der Waals surface area (Å²) in [6, 6.07) is 13.6. The molecule has 0 bridgehead atoms. The van der Waals surface area contributed by atoms with Crippen molar-refractivity contribution in [2.24, 2.45) is 0 Å². The van der Waals surface area contributed by atoms with Gasteiger partial charge in [-0.15, -0.1) is 0 Å². The van der Waals surface area contributed by atoms with Gasteiger partial charge in [0, 0.05) is 10.4 Å². The highest BCUT2D eigenvalue weighted by Gasteiger charge is 2.17. The molecule has 0 saturated heterocycles. The summed E-state index contributed by atoms with van der Waals surface area (Å²) in [4.78, 5) is 4.18. The zero-order valence-corrected chi connectivity index (χ0v) is 12.9. The Hall–Kier alpha value is -1.98. The Morgan fingerprint density at radius 1 is 1.00 bits per heavy atom. The van der Waals surface area contributed by atoms with Crippen LogP contribution in [0.5, 0.6) is 0 Å². The third kappa shape index (κ3) is 3.10. The van der Waals surface area contributed by atoms with E-state index in [1.54, 1.807) is 24.3 Å². The minimum atomic E-state index is -3.59. The van der Waals surface area contributed by atoms with Crippen molar-refractivity contribution in [1.29, 1.82) is 0 Å². The van der Waals surface area contributed by atoms with Crippen molar-refractivity contribution in [2.75, 3.05) is 0 Å². The van der Waals surface area contributed by atoms with E-state index < -0.39 is 15.7 Å². The first-order valence-corrected chi connectivity index (χ1v) is 8.51. The lowest BCUT2D eigenvalue weighted by Gasteiger charge is -2.06. The molecule has 0 atom stereocenters. The van der Waals surface area contributed by atoms with Crippen LogP contribution in [0.2, 0.25) is 5.02 Å². The number of pyridine rings is 1. The van der Waals surface area contributed by atoms with Crippen LogP contribution in [0.3, 0.4) is 0 Å². The Bertz CT molecular complexity index is 940. The van der Waals surface area contributed by atoms with Crippen molar-refractivity contribution < 1.29 is 12.8 Å². The van der Waals surface area contributed by atoms with Crippen molar-refractivity contribution in [3.8, 4) is 0 Å². The Balaban J connectivity index is 1.97. The summed E-state index contributed by atoms with van der Waals surface area (Å²) in [7, 11) is -3.59. The fraction of sp³-hybridized carbons (Fsp3) is 0.0625. The maximum atomic E-state index is 12.9. The van der Waals surface area contributed by atoms with Crippen LogP contribution in [0.4, 0.5) is 4.39 Å². The van der Waals surface area contributed by atoms with E-state index in [1.165, 1.54) is 30.3 Å². The molecule has 22 heavy (non-hydrogen) atoms. The Kier molecular flexibility index (Phi) is 3.85. The second-order valence-electron chi connectivity index (χ2n) is 4.87. The Morgan fingerprint density at radius 3 is 2.45 bits per heavy atom. The average Bonchev–Trinajstić information content (AvgIpc) is 2.49. The van der Waals surface area contributed by atoms with Crippen LogP contribution in [0.1, 0.15) is 5.56 Å². The van der Waals surface area contributed by atoms with E-state index in [0.29, 0.717) is 16.1 Å². The predicted octanol–water partition coefficient (Wildman–Crippen LogP) is 4.00. The molecule has 3 aromatic rings. The summed E-state index contributed by atoms with van der Waals surface area (Å²) < 4.78 is 37.7. The van der Waals surface area contributed by atoms with Crippen LogP contribution in [0.25, 0.3) is 10.9 Å². The van der Waals surface area contributed by atoms with Crippen molar-refractivity contribution in [1.82, 2.24) is 4.98 Å². The van der Waals surface area contributed by atoms with Crippen molar-refractivity contribution in [2.45, 2.75) is 10.8 Å². The summed E-state index contributed by atoms with van der Waals surface area (Å²) in [5.74, 6) is -0.624. The summed E-state index contributed by atoms with van der Waals surface area (Å²) >= 11 is 5.89. The van der Waals surface area contributed by atoms with Gasteiger partial charge < -0.3 is 0 Å². The molecule has 3 rings (SSSR count). The van der Waals surface area contributed by atoms with Crippen LogP contribution < -0.4 is 0 Å². The van der Waals surface area contributed by atoms with Gasteiger partial charge in [0.25, 0.3) is 0 Å². The highest BCUT2D eigenvalue weighted by atomic mass is 35.5. The molecule has 0 N–H and O–H groups in total. The van der Waals surface area contributed by atoms with Gasteiger partial charge in [-0.3, -0.25) is 0 Å². The first-order valence-electron chi connectivity index (χ1n) is 6.47. The normalized spacial score (nSPS) is 11.7. The average molecular weight is 336 g/mol. The van der Waals surface area contributed by atoms with E-state index >= 15 is 0 Å². The predicted molar refractivity (Wildman–Crippen MR) is 84.0 cm³/mol. The standard InChI is InChI=1S/C16H11ClFNO2S/c17-13-4-7-15-12(9-13)3-8-16(19-15)22(20,21)10-11-1-5-14(18)6-2-11/h1-9H,10H2. The number of benzene rings is 2. The fourth-order valence-corrected chi connectivity index (χ4v) is 3.60. The molecule has 1 heterocycles. The lowest BCUT2D eigenvalue weighted by atomic mass is 10.2. The Morgan fingerprint density at radius 2 is 1.73 bits per heavy atom. The first-order chi connectivity index (χ1) is 10.4. The highest BCUT2D eigenvalue weighted by molar-refractivity contribution is 7.90. The van der Waals surface area contributed by atoms with Crippen LogP contribution in [0, 0.1) is 5.82 Å². The van der Waals surface area contributed by atoms with E-state index in [9.17, 15) is 12.8 Å². The Labute approximate surface area is 132 Å². The molecule has 0 fully saturated rings. The topological polar surface area (TPSA) is 47.0 Å². The zero-order chi connectivity index (χ0) is 15.7. The number of hydrogen-bond acceptors (Lipinski definition) is 3. The van der Waals surface area contributed by atoms with E-state index in [1.807, 2.05) is 0 Å². The first kappa shape index (κ1) is 14.9. The van der Waals surface area contributed by atoms with Crippen LogP contribution >= 0.6 is 11.6 Å². The molecule has 0 aliphatic carbocycles. The van der Waals surface area contributed by atoms with Gasteiger partial charge in [0.05, 0.1) is 11.3 Å². The minimum Gasteiger partial charge on any atom is -0.236 e. The van der Waals surface area contributed by atoms with Gasteiger partial charge in [-0.05, 0) is 48.0 Å². The lowest BCUT2D eigenvalue weighted by molar-refractivity contribution is 0.591. The fourth-order valence-electron chi connectivity index (χ4n) is 2.12. The van der Waals surface area contributed by atoms with Crippen molar-refractivity contribution in [3.63, 3.8) is 0 Å². The highest BCUT2D eigenvalue weighted by Crippen LogP contribution is 2.21. The molecule has 1 aromatic heterocycles. The largest absolute Gasteiger partial charge is 0.236 e. The van der Waals surface area contributed by atoms with Gasteiger partial charge in [-0.25, -0.2) is 17.8 Å². The molecule has 0 spiro atoms. The second-order valence-corrected chi connectivity index (χ2v) is 7.24. The molecule has 0 aliphatic heterocycles. The lowest BCUT2D eigenvalue weighted by Crippen LogP contribution is -2.07. The summed E-state index contributed by atoms with van der Waals surface area (Å²) in [6.07, 6.45) is 0. The van der Waals surface area contributed by atoms with Crippen LogP contribution in [0.15, 0.2) is 59.6 Å². The maximum absolute atomic E-state index is 12.9. The number of rotatable bonds is 3. The second kappa shape index (κ2) is 5.66. The van der Waals surface area contributed by atoms with E-state index in [-0.39, 0.29) is 10.8 Å². The SMILES string of the molecule is O=S(=O)(Cc1ccc(F)cc1)c1ccc2cc(Cl)ccc2n1. The molecule has 112 valence electrons. The number of halogens is 2. The van der Waals surface area contributed by atoms with Crippen LogP contribution in [-0.2, 0) is 15.6 Å². The zero-order valence-electron chi connectivity index (χ0n) is 11.3. The van der Waals surface area contributed by atoms with Crippen LogP contribution in [-0.4, -0.2) is 13.4 Å². The number of aromatic nitrogens is 1. The molecule has 3 nitrogen and oxygen atoms in total. The summed E-state index contributed by atoms with van der Waals surface area (Å²) in [5, 5.41) is 1.33.